The number of para-hydroxylation sites is 1. The smallest absolute Gasteiger partial charge is 0.299 e. The van der Waals surface area contributed by atoms with Crippen LogP contribution in [0.4, 0.5) is 0 Å². The first kappa shape index (κ1) is 17.6. The summed E-state index contributed by atoms with van der Waals surface area (Å²) < 4.78 is 17.2. The SMILES string of the molecule is Cc1ccccc1-n1c(C)[n+](C)c2ccc3c(oc4oc5cc6ccccc6cc5c43)c21. The number of benzene rings is 4. The molecule has 0 spiro atoms. The van der Waals surface area contributed by atoms with Gasteiger partial charge in [0.15, 0.2) is 11.1 Å². The van der Waals surface area contributed by atoms with E-state index in [9.17, 15) is 0 Å². The van der Waals surface area contributed by atoms with Gasteiger partial charge in [0.25, 0.3) is 11.6 Å². The lowest BCUT2D eigenvalue weighted by Gasteiger charge is -2.03. The molecular formula is C28H21N2O2+. The van der Waals surface area contributed by atoms with Gasteiger partial charge in [0, 0.05) is 17.7 Å². The topological polar surface area (TPSA) is 35.1 Å². The van der Waals surface area contributed by atoms with Crippen LogP contribution < -0.4 is 4.57 Å². The molecule has 0 aliphatic heterocycles. The van der Waals surface area contributed by atoms with E-state index in [0.29, 0.717) is 5.78 Å². The van der Waals surface area contributed by atoms with Crippen molar-refractivity contribution in [3.05, 3.63) is 84.2 Å². The molecule has 0 atom stereocenters. The summed E-state index contributed by atoms with van der Waals surface area (Å²) in [5, 5.41) is 5.57. The third kappa shape index (κ3) is 2.14. The number of furan rings is 2. The maximum absolute atomic E-state index is 6.45. The maximum Gasteiger partial charge on any atom is 0.299 e. The largest absolute Gasteiger partial charge is 0.425 e. The predicted octanol–water partition coefficient (Wildman–Crippen LogP) is 6.87. The van der Waals surface area contributed by atoms with Gasteiger partial charge in [-0.1, -0.05) is 42.5 Å². The molecule has 0 unspecified atom stereocenters. The van der Waals surface area contributed by atoms with E-state index in [1.807, 2.05) is 0 Å². The van der Waals surface area contributed by atoms with Gasteiger partial charge in [-0.25, -0.2) is 4.57 Å². The molecule has 0 N–H and O–H groups in total. The van der Waals surface area contributed by atoms with Crippen LogP contribution in [0.15, 0.2) is 81.6 Å². The molecule has 4 aromatic carbocycles. The third-order valence-electron chi connectivity index (χ3n) is 6.85. The molecule has 0 saturated heterocycles. The molecule has 0 radical (unpaired) electrons. The minimum atomic E-state index is 0.579. The molecule has 4 nitrogen and oxygen atoms in total. The predicted molar refractivity (Wildman–Crippen MR) is 128 cm³/mol. The number of hydrogen-bond acceptors (Lipinski definition) is 2. The van der Waals surface area contributed by atoms with Crippen LogP contribution in [0.5, 0.6) is 0 Å². The van der Waals surface area contributed by atoms with Crippen LogP contribution >= 0.6 is 0 Å². The fourth-order valence-corrected chi connectivity index (χ4v) is 5.12. The second-order valence-corrected chi connectivity index (χ2v) is 8.60. The van der Waals surface area contributed by atoms with Crippen molar-refractivity contribution in [2.45, 2.75) is 13.8 Å². The molecule has 0 saturated carbocycles. The highest BCUT2D eigenvalue weighted by Crippen LogP contribution is 2.41. The second kappa shape index (κ2) is 6.01. The zero-order valence-electron chi connectivity index (χ0n) is 18.1. The number of nitrogens with zero attached hydrogens (tertiary/aromatic N) is 2. The van der Waals surface area contributed by atoms with Crippen LogP contribution in [-0.2, 0) is 7.05 Å². The van der Waals surface area contributed by atoms with Crippen LogP contribution in [-0.4, -0.2) is 4.57 Å². The lowest BCUT2D eigenvalue weighted by atomic mass is 10.1. The fourth-order valence-electron chi connectivity index (χ4n) is 5.12. The Kier molecular flexibility index (Phi) is 3.31. The molecule has 0 bridgehead atoms. The lowest BCUT2D eigenvalue weighted by molar-refractivity contribution is -0.652. The van der Waals surface area contributed by atoms with Crippen molar-refractivity contribution in [3.63, 3.8) is 0 Å². The Bertz CT molecular complexity index is 1860. The van der Waals surface area contributed by atoms with Gasteiger partial charge >= 0.3 is 0 Å². The summed E-state index contributed by atoms with van der Waals surface area (Å²) in [4.78, 5) is 0. The summed E-state index contributed by atoms with van der Waals surface area (Å²) in [7, 11) is 2.10. The van der Waals surface area contributed by atoms with Crippen LogP contribution in [0.25, 0.3) is 60.6 Å². The normalized spacial score (nSPS) is 12.2. The van der Waals surface area contributed by atoms with Gasteiger partial charge in [-0.05, 0) is 53.6 Å². The summed E-state index contributed by atoms with van der Waals surface area (Å²) in [5.74, 6) is 1.72. The Morgan fingerprint density at radius 1 is 0.781 bits per heavy atom. The molecule has 7 rings (SSSR count). The van der Waals surface area contributed by atoms with Crippen LogP contribution in [0.1, 0.15) is 11.4 Å². The minimum absolute atomic E-state index is 0.579. The summed E-state index contributed by atoms with van der Waals surface area (Å²) in [6.45, 7) is 4.29. The van der Waals surface area contributed by atoms with E-state index in [2.05, 4.69) is 103 Å². The third-order valence-corrected chi connectivity index (χ3v) is 6.85. The van der Waals surface area contributed by atoms with Crippen molar-refractivity contribution >= 4 is 54.9 Å². The first-order chi connectivity index (χ1) is 15.6. The number of rotatable bonds is 1. The first-order valence-electron chi connectivity index (χ1n) is 10.9. The Morgan fingerprint density at radius 2 is 1.53 bits per heavy atom. The highest BCUT2D eigenvalue weighted by Gasteiger charge is 2.28. The van der Waals surface area contributed by atoms with E-state index in [4.69, 9.17) is 8.83 Å². The van der Waals surface area contributed by atoms with E-state index in [1.54, 1.807) is 0 Å². The standard InChI is InChI=1S/C28H21N2O2/c1-16-8-4-7-11-22(16)30-17(2)29(3)23-13-12-20-25-21-14-18-9-5-6-10-19(18)15-24(21)31-28(25)32-27(20)26(23)30/h4-15H,1-3H3/q+1. The highest BCUT2D eigenvalue weighted by atomic mass is 16.5. The quantitative estimate of drug-likeness (QED) is 0.273. The maximum atomic E-state index is 6.45. The molecular weight excluding hydrogens is 396 g/mol. The molecule has 0 fully saturated rings. The van der Waals surface area contributed by atoms with Gasteiger partial charge in [0.2, 0.25) is 5.52 Å². The molecule has 7 aromatic rings. The molecule has 3 heterocycles. The molecule has 3 aromatic heterocycles. The summed E-state index contributed by atoms with van der Waals surface area (Å²) in [5.41, 5.74) is 6.29. The van der Waals surface area contributed by atoms with Crippen LogP contribution in [0.2, 0.25) is 0 Å². The number of aryl methyl sites for hydroxylation is 2. The summed E-state index contributed by atoms with van der Waals surface area (Å²) in [6, 6.07) is 25.5. The Morgan fingerprint density at radius 3 is 2.34 bits per heavy atom. The molecule has 0 amide bonds. The fraction of sp³-hybridized carbons (Fsp3) is 0.107. The van der Waals surface area contributed by atoms with Gasteiger partial charge in [0.1, 0.15) is 11.3 Å². The van der Waals surface area contributed by atoms with Crippen molar-refractivity contribution in [2.75, 3.05) is 0 Å². The monoisotopic (exact) mass is 417 g/mol. The summed E-state index contributed by atoms with van der Waals surface area (Å²) >= 11 is 0. The van der Waals surface area contributed by atoms with Crippen molar-refractivity contribution in [3.8, 4) is 5.69 Å². The van der Waals surface area contributed by atoms with E-state index in [0.717, 1.165) is 49.9 Å². The Balaban J connectivity index is 1.66. The molecule has 0 aliphatic rings. The van der Waals surface area contributed by atoms with Gasteiger partial charge in [-0.3, -0.25) is 0 Å². The summed E-state index contributed by atoms with van der Waals surface area (Å²) in [6.07, 6.45) is 0. The number of imidazole rings is 1. The van der Waals surface area contributed by atoms with Crippen LogP contribution in [0, 0.1) is 13.8 Å². The average Bonchev–Trinajstić information content (AvgIpc) is 3.41. The first-order valence-corrected chi connectivity index (χ1v) is 10.9. The van der Waals surface area contributed by atoms with E-state index in [-0.39, 0.29) is 0 Å². The molecule has 154 valence electrons. The molecule has 0 aliphatic carbocycles. The minimum Gasteiger partial charge on any atom is -0.425 e. The zero-order chi connectivity index (χ0) is 21.6. The zero-order valence-corrected chi connectivity index (χ0v) is 18.1. The van der Waals surface area contributed by atoms with Crippen molar-refractivity contribution in [2.24, 2.45) is 7.05 Å². The molecule has 4 heteroatoms. The highest BCUT2D eigenvalue weighted by molar-refractivity contribution is 6.22. The van der Waals surface area contributed by atoms with Crippen LogP contribution in [0.3, 0.4) is 0 Å². The average molecular weight is 417 g/mol. The van der Waals surface area contributed by atoms with Gasteiger partial charge in [-0.15, -0.1) is 0 Å². The number of hydrogen-bond donors (Lipinski definition) is 0. The number of aromatic nitrogens is 2. The van der Waals surface area contributed by atoms with E-state index < -0.39 is 0 Å². The second-order valence-electron chi connectivity index (χ2n) is 8.60. The number of fused-ring (bicyclic) bond motifs is 8. The Hall–Kier alpha value is -4.05. The molecule has 32 heavy (non-hydrogen) atoms. The van der Waals surface area contributed by atoms with Gasteiger partial charge in [0.05, 0.1) is 12.4 Å². The van der Waals surface area contributed by atoms with Crippen molar-refractivity contribution in [1.82, 2.24) is 4.57 Å². The van der Waals surface area contributed by atoms with Crippen molar-refractivity contribution in [1.29, 1.82) is 0 Å². The van der Waals surface area contributed by atoms with Crippen molar-refractivity contribution < 1.29 is 13.4 Å². The van der Waals surface area contributed by atoms with E-state index >= 15 is 0 Å². The van der Waals surface area contributed by atoms with E-state index in [1.165, 1.54) is 16.3 Å². The van der Waals surface area contributed by atoms with Gasteiger partial charge < -0.3 is 8.83 Å². The Labute approximate surface area is 183 Å². The van der Waals surface area contributed by atoms with Gasteiger partial charge in [-0.2, -0.15) is 4.57 Å². The lowest BCUT2D eigenvalue weighted by Crippen LogP contribution is -2.30.